The molecule has 0 bridgehead atoms. The Morgan fingerprint density at radius 1 is 1.28 bits per heavy atom. The van der Waals surface area contributed by atoms with Crippen molar-refractivity contribution in [1.29, 1.82) is 0 Å². The van der Waals surface area contributed by atoms with E-state index in [1.807, 2.05) is 29.2 Å². The number of benzene rings is 1. The quantitative estimate of drug-likeness (QED) is 0.910. The monoisotopic (exact) mass is 266 g/mol. The summed E-state index contributed by atoms with van der Waals surface area (Å²) in [5.74, 6) is 0.313. The zero-order chi connectivity index (χ0) is 13.0. The first kappa shape index (κ1) is 13.4. The van der Waals surface area contributed by atoms with Gasteiger partial charge in [-0.25, -0.2) is 0 Å². The fraction of sp³-hybridized carbons (Fsp3) is 0.500. The van der Waals surface area contributed by atoms with Crippen LogP contribution >= 0.6 is 11.6 Å². The Labute approximate surface area is 113 Å². The summed E-state index contributed by atoms with van der Waals surface area (Å²) in [6.45, 7) is 2.29. The van der Waals surface area contributed by atoms with Crippen molar-refractivity contribution in [3.8, 4) is 0 Å². The normalized spacial score (nSPS) is 16.9. The summed E-state index contributed by atoms with van der Waals surface area (Å²) in [6, 6.07) is 7.61. The minimum absolute atomic E-state index is 0.0929. The lowest BCUT2D eigenvalue weighted by molar-refractivity contribution is -0.130. The van der Waals surface area contributed by atoms with Crippen LogP contribution in [0.5, 0.6) is 0 Å². The maximum atomic E-state index is 12.1. The smallest absolute Gasteiger partial charge is 0.223 e. The Kier molecular flexibility index (Phi) is 4.61. The maximum Gasteiger partial charge on any atom is 0.223 e. The van der Waals surface area contributed by atoms with Gasteiger partial charge in [-0.3, -0.25) is 4.79 Å². The molecule has 1 atom stereocenters. The van der Waals surface area contributed by atoms with E-state index in [2.05, 4.69) is 0 Å². The molecule has 1 aromatic rings. The van der Waals surface area contributed by atoms with Gasteiger partial charge in [-0.1, -0.05) is 23.7 Å². The number of carbonyl (C=O) groups excluding carboxylic acids is 1. The molecule has 2 rings (SSSR count). The number of nitrogens with two attached hydrogens (primary N) is 1. The van der Waals surface area contributed by atoms with Crippen LogP contribution in [0.3, 0.4) is 0 Å². The molecule has 0 saturated carbocycles. The molecule has 0 aliphatic carbocycles. The topological polar surface area (TPSA) is 46.3 Å². The van der Waals surface area contributed by atoms with Crippen molar-refractivity contribution in [3.05, 3.63) is 34.9 Å². The molecule has 1 aliphatic rings. The maximum absolute atomic E-state index is 12.1. The lowest BCUT2D eigenvalue weighted by Gasteiger charge is -2.20. The third kappa shape index (κ3) is 3.24. The Balaban J connectivity index is 2.00. The molecular weight excluding hydrogens is 248 g/mol. The van der Waals surface area contributed by atoms with Crippen molar-refractivity contribution in [3.63, 3.8) is 0 Å². The van der Waals surface area contributed by atoms with Crippen LogP contribution in [0.1, 0.15) is 30.7 Å². The first-order chi connectivity index (χ1) is 8.70. The van der Waals surface area contributed by atoms with E-state index in [-0.39, 0.29) is 11.8 Å². The van der Waals surface area contributed by atoms with Crippen LogP contribution in [0.25, 0.3) is 0 Å². The van der Waals surface area contributed by atoms with Gasteiger partial charge >= 0.3 is 0 Å². The predicted molar refractivity (Wildman–Crippen MR) is 73.7 cm³/mol. The number of hydrogen-bond donors (Lipinski definition) is 1. The van der Waals surface area contributed by atoms with Crippen LogP contribution in [0.15, 0.2) is 24.3 Å². The van der Waals surface area contributed by atoms with E-state index in [1.54, 1.807) is 0 Å². The first-order valence-corrected chi connectivity index (χ1v) is 6.82. The van der Waals surface area contributed by atoms with Crippen LogP contribution in [-0.2, 0) is 4.79 Å². The number of hydrogen-bond acceptors (Lipinski definition) is 2. The summed E-state index contributed by atoms with van der Waals surface area (Å²) in [5.41, 5.74) is 6.88. The fourth-order valence-corrected chi connectivity index (χ4v) is 2.50. The van der Waals surface area contributed by atoms with E-state index in [9.17, 15) is 4.79 Å². The summed E-state index contributed by atoms with van der Waals surface area (Å²) in [6.07, 6.45) is 2.75. The van der Waals surface area contributed by atoms with Crippen molar-refractivity contribution >= 4 is 17.5 Å². The molecule has 1 amide bonds. The Morgan fingerprint density at radius 2 is 1.89 bits per heavy atom. The standard InChI is InChI=1S/C14H19ClN2O/c15-13-5-3-11(4-6-13)12(10-16)9-14(18)17-7-1-2-8-17/h3-6,12H,1-2,7-10,16H2. The Hall–Kier alpha value is -1.06. The van der Waals surface area contributed by atoms with Crippen LogP contribution in [0.4, 0.5) is 0 Å². The summed E-state index contributed by atoms with van der Waals surface area (Å²) >= 11 is 5.86. The number of likely N-dealkylation sites (tertiary alicyclic amines) is 1. The molecular formula is C14H19ClN2O. The Morgan fingerprint density at radius 3 is 2.44 bits per heavy atom. The molecule has 18 heavy (non-hydrogen) atoms. The largest absolute Gasteiger partial charge is 0.343 e. The minimum atomic E-state index is 0.0929. The van der Waals surface area contributed by atoms with E-state index in [0.29, 0.717) is 18.0 Å². The zero-order valence-electron chi connectivity index (χ0n) is 10.4. The third-order valence-electron chi connectivity index (χ3n) is 3.51. The van der Waals surface area contributed by atoms with Crippen LogP contribution in [0, 0.1) is 0 Å². The van der Waals surface area contributed by atoms with Gasteiger partial charge in [0, 0.05) is 30.5 Å². The van der Waals surface area contributed by atoms with Gasteiger partial charge in [-0.15, -0.1) is 0 Å². The molecule has 0 radical (unpaired) electrons. The third-order valence-corrected chi connectivity index (χ3v) is 3.76. The molecule has 1 unspecified atom stereocenters. The zero-order valence-corrected chi connectivity index (χ0v) is 11.2. The molecule has 1 aliphatic heterocycles. The highest BCUT2D eigenvalue weighted by Gasteiger charge is 2.21. The lowest BCUT2D eigenvalue weighted by atomic mass is 9.95. The molecule has 2 N–H and O–H groups in total. The second-order valence-electron chi connectivity index (χ2n) is 4.78. The summed E-state index contributed by atoms with van der Waals surface area (Å²) in [4.78, 5) is 14.0. The van der Waals surface area contributed by atoms with Crippen LogP contribution in [0.2, 0.25) is 5.02 Å². The lowest BCUT2D eigenvalue weighted by Crippen LogP contribution is -2.30. The van der Waals surface area contributed by atoms with E-state index in [0.717, 1.165) is 31.5 Å². The van der Waals surface area contributed by atoms with Crippen molar-refractivity contribution in [1.82, 2.24) is 4.90 Å². The summed E-state index contributed by atoms with van der Waals surface area (Å²) in [7, 11) is 0. The highest BCUT2D eigenvalue weighted by atomic mass is 35.5. The molecule has 0 spiro atoms. The van der Waals surface area contributed by atoms with Crippen molar-refractivity contribution in [2.75, 3.05) is 19.6 Å². The van der Waals surface area contributed by atoms with Gasteiger partial charge in [-0.2, -0.15) is 0 Å². The predicted octanol–water partition coefficient (Wildman–Crippen LogP) is 2.39. The molecule has 1 saturated heterocycles. The van der Waals surface area contributed by atoms with Crippen LogP contribution < -0.4 is 5.73 Å². The Bertz CT molecular complexity index is 399. The highest BCUT2D eigenvalue weighted by molar-refractivity contribution is 6.30. The molecule has 1 heterocycles. The number of halogens is 1. The average molecular weight is 267 g/mol. The van der Waals surface area contributed by atoms with E-state index in [4.69, 9.17) is 17.3 Å². The van der Waals surface area contributed by atoms with Gasteiger partial charge in [0.05, 0.1) is 0 Å². The first-order valence-electron chi connectivity index (χ1n) is 6.44. The van der Waals surface area contributed by atoms with Gasteiger partial charge in [-0.05, 0) is 37.1 Å². The van der Waals surface area contributed by atoms with Gasteiger partial charge in [0.15, 0.2) is 0 Å². The van der Waals surface area contributed by atoms with Crippen molar-refractivity contribution in [2.24, 2.45) is 5.73 Å². The molecule has 3 nitrogen and oxygen atoms in total. The van der Waals surface area contributed by atoms with Crippen molar-refractivity contribution < 1.29 is 4.79 Å². The van der Waals surface area contributed by atoms with Gasteiger partial charge in [0.25, 0.3) is 0 Å². The number of nitrogens with zero attached hydrogens (tertiary/aromatic N) is 1. The van der Waals surface area contributed by atoms with E-state index < -0.39 is 0 Å². The molecule has 4 heteroatoms. The van der Waals surface area contributed by atoms with Crippen LogP contribution in [-0.4, -0.2) is 30.4 Å². The molecule has 98 valence electrons. The molecule has 0 aromatic heterocycles. The summed E-state index contributed by atoms with van der Waals surface area (Å²) < 4.78 is 0. The number of rotatable bonds is 4. The number of carbonyl (C=O) groups is 1. The van der Waals surface area contributed by atoms with Crippen molar-refractivity contribution in [2.45, 2.75) is 25.2 Å². The van der Waals surface area contributed by atoms with E-state index in [1.165, 1.54) is 0 Å². The minimum Gasteiger partial charge on any atom is -0.343 e. The highest BCUT2D eigenvalue weighted by Crippen LogP contribution is 2.22. The SMILES string of the molecule is NCC(CC(=O)N1CCCC1)c1ccc(Cl)cc1. The van der Waals surface area contributed by atoms with E-state index >= 15 is 0 Å². The molecule has 1 aromatic carbocycles. The van der Waals surface area contributed by atoms with Gasteiger partial charge in [0.1, 0.15) is 0 Å². The fourth-order valence-electron chi connectivity index (χ4n) is 2.38. The van der Waals surface area contributed by atoms with Gasteiger partial charge < -0.3 is 10.6 Å². The second kappa shape index (κ2) is 6.21. The van der Waals surface area contributed by atoms with Gasteiger partial charge in [0.2, 0.25) is 5.91 Å². The summed E-state index contributed by atoms with van der Waals surface area (Å²) in [5, 5.41) is 0.709. The molecule has 1 fully saturated rings. The average Bonchev–Trinajstić information content (AvgIpc) is 2.91. The second-order valence-corrected chi connectivity index (χ2v) is 5.21. The number of amides is 1.